The molecule has 1 aliphatic carbocycles. The molecule has 1 aromatic carbocycles. The molecule has 0 spiro atoms. The zero-order valence-corrected chi connectivity index (χ0v) is 17.6. The average Bonchev–Trinajstić information content (AvgIpc) is 3.11. The van der Waals surface area contributed by atoms with Gasteiger partial charge in [0.05, 0.1) is 17.0 Å². The van der Waals surface area contributed by atoms with Crippen LogP contribution in [0.5, 0.6) is 5.75 Å². The first-order chi connectivity index (χ1) is 12.4. The Kier molecular flexibility index (Phi) is 7.32. The molecule has 0 radical (unpaired) electrons. The standard InChI is InChI=1S/C19H29BrN4O2/c1-21-18(22-12-14-7-8-16(26-4)15(20)11-14)23-13-19(9-5-6-10-19)17(25)24(2)3/h7-8,11H,5-6,9-10,12-13H2,1-4H3,(H2,21,22,23). The summed E-state index contributed by atoms with van der Waals surface area (Å²) >= 11 is 3.50. The molecule has 7 heteroatoms. The fraction of sp³-hybridized carbons (Fsp3) is 0.579. The lowest BCUT2D eigenvalue weighted by molar-refractivity contribution is -0.138. The lowest BCUT2D eigenvalue weighted by Gasteiger charge is -2.31. The van der Waals surface area contributed by atoms with Gasteiger partial charge in [0, 0.05) is 34.2 Å². The van der Waals surface area contributed by atoms with Gasteiger partial charge in [0.2, 0.25) is 5.91 Å². The van der Waals surface area contributed by atoms with Crippen molar-refractivity contribution in [1.82, 2.24) is 15.5 Å². The molecule has 0 bridgehead atoms. The van der Waals surface area contributed by atoms with E-state index in [0.717, 1.165) is 41.5 Å². The number of nitrogens with zero attached hydrogens (tertiary/aromatic N) is 2. The van der Waals surface area contributed by atoms with Crippen LogP contribution in [0.25, 0.3) is 0 Å². The second kappa shape index (κ2) is 9.26. The Hall–Kier alpha value is -1.76. The molecular weight excluding hydrogens is 396 g/mol. The van der Waals surface area contributed by atoms with E-state index in [-0.39, 0.29) is 11.3 Å². The van der Waals surface area contributed by atoms with Crippen LogP contribution in [0.4, 0.5) is 0 Å². The summed E-state index contributed by atoms with van der Waals surface area (Å²) in [5.41, 5.74) is 0.796. The van der Waals surface area contributed by atoms with Gasteiger partial charge >= 0.3 is 0 Å². The number of benzene rings is 1. The van der Waals surface area contributed by atoms with Crippen LogP contribution in [0.3, 0.4) is 0 Å². The summed E-state index contributed by atoms with van der Waals surface area (Å²) in [6.45, 7) is 1.24. The summed E-state index contributed by atoms with van der Waals surface area (Å²) in [6, 6.07) is 5.96. The predicted molar refractivity (Wildman–Crippen MR) is 108 cm³/mol. The van der Waals surface area contributed by atoms with Crippen LogP contribution in [0.15, 0.2) is 27.7 Å². The third-order valence-electron chi connectivity index (χ3n) is 4.91. The first kappa shape index (κ1) is 20.6. The van der Waals surface area contributed by atoms with Crippen molar-refractivity contribution in [3.63, 3.8) is 0 Å². The van der Waals surface area contributed by atoms with Crippen molar-refractivity contribution in [3.8, 4) is 5.75 Å². The molecule has 0 saturated heterocycles. The third-order valence-corrected chi connectivity index (χ3v) is 5.53. The normalized spacial score (nSPS) is 16.3. The van der Waals surface area contributed by atoms with E-state index < -0.39 is 0 Å². The Morgan fingerprint density at radius 3 is 2.54 bits per heavy atom. The largest absolute Gasteiger partial charge is 0.496 e. The van der Waals surface area contributed by atoms with E-state index >= 15 is 0 Å². The van der Waals surface area contributed by atoms with Crippen LogP contribution in [0, 0.1) is 5.41 Å². The molecule has 1 fully saturated rings. The molecule has 0 aliphatic heterocycles. The number of hydrogen-bond donors (Lipinski definition) is 2. The number of hydrogen-bond acceptors (Lipinski definition) is 3. The minimum Gasteiger partial charge on any atom is -0.496 e. The highest BCUT2D eigenvalue weighted by atomic mass is 79.9. The number of aliphatic imine (C=N–C) groups is 1. The molecule has 6 nitrogen and oxygen atoms in total. The van der Waals surface area contributed by atoms with E-state index in [1.165, 1.54) is 0 Å². The van der Waals surface area contributed by atoms with Crippen molar-refractivity contribution in [1.29, 1.82) is 0 Å². The van der Waals surface area contributed by atoms with Crippen molar-refractivity contribution in [3.05, 3.63) is 28.2 Å². The van der Waals surface area contributed by atoms with Gasteiger partial charge in [-0.1, -0.05) is 18.9 Å². The van der Waals surface area contributed by atoms with E-state index in [0.29, 0.717) is 19.0 Å². The highest BCUT2D eigenvalue weighted by Crippen LogP contribution is 2.38. The van der Waals surface area contributed by atoms with Crippen LogP contribution in [-0.2, 0) is 11.3 Å². The van der Waals surface area contributed by atoms with Gasteiger partial charge in [-0.15, -0.1) is 0 Å². The van der Waals surface area contributed by atoms with Gasteiger partial charge in [-0.05, 0) is 46.5 Å². The minimum atomic E-state index is -0.315. The number of ether oxygens (including phenoxy) is 1. The summed E-state index contributed by atoms with van der Waals surface area (Å²) in [5, 5.41) is 6.66. The molecule has 1 amide bonds. The lowest BCUT2D eigenvalue weighted by Crippen LogP contribution is -2.49. The van der Waals surface area contributed by atoms with E-state index in [2.05, 4.69) is 31.6 Å². The minimum absolute atomic E-state index is 0.206. The molecular formula is C19H29BrN4O2. The molecule has 0 heterocycles. The van der Waals surface area contributed by atoms with Crippen LogP contribution < -0.4 is 15.4 Å². The highest BCUT2D eigenvalue weighted by Gasteiger charge is 2.42. The number of carbonyl (C=O) groups excluding carboxylic acids is 1. The molecule has 2 N–H and O–H groups in total. The van der Waals surface area contributed by atoms with Crippen molar-refractivity contribution >= 4 is 27.8 Å². The molecule has 0 unspecified atom stereocenters. The summed E-state index contributed by atoms with van der Waals surface area (Å²) in [6.07, 6.45) is 4.07. The van der Waals surface area contributed by atoms with E-state index in [9.17, 15) is 4.79 Å². The van der Waals surface area contributed by atoms with Crippen LogP contribution in [0.2, 0.25) is 0 Å². The monoisotopic (exact) mass is 424 g/mol. The zero-order valence-electron chi connectivity index (χ0n) is 16.1. The van der Waals surface area contributed by atoms with E-state index in [4.69, 9.17) is 4.74 Å². The number of methoxy groups -OCH3 is 1. The molecule has 0 atom stereocenters. The van der Waals surface area contributed by atoms with Gasteiger partial charge in [0.15, 0.2) is 5.96 Å². The molecule has 144 valence electrons. The summed E-state index contributed by atoms with van der Waals surface area (Å²) in [4.78, 5) is 18.6. The van der Waals surface area contributed by atoms with Crippen molar-refractivity contribution < 1.29 is 9.53 Å². The number of rotatable bonds is 6. The molecule has 1 saturated carbocycles. The number of amides is 1. The first-order valence-electron chi connectivity index (χ1n) is 8.90. The van der Waals surface area contributed by atoms with Gasteiger partial charge in [-0.25, -0.2) is 0 Å². The number of guanidine groups is 1. The molecule has 0 aromatic heterocycles. The Morgan fingerprint density at radius 2 is 2.00 bits per heavy atom. The fourth-order valence-electron chi connectivity index (χ4n) is 3.47. The van der Waals surface area contributed by atoms with Gasteiger partial charge in [-0.3, -0.25) is 9.79 Å². The third kappa shape index (κ3) is 4.90. The fourth-order valence-corrected chi connectivity index (χ4v) is 4.06. The van der Waals surface area contributed by atoms with Gasteiger partial charge in [0.25, 0.3) is 0 Å². The van der Waals surface area contributed by atoms with Crippen molar-refractivity contribution in [2.45, 2.75) is 32.2 Å². The Balaban J connectivity index is 1.95. The van der Waals surface area contributed by atoms with Crippen molar-refractivity contribution in [2.75, 3.05) is 34.8 Å². The number of nitrogens with one attached hydrogen (secondary N) is 2. The molecule has 1 aliphatic rings. The summed E-state index contributed by atoms with van der Waals surface area (Å²) < 4.78 is 6.18. The zero-order chi connectivity index (χ0) is 19.2. The topological polar surface area (TPSA) is 66.0 Å². The van der Waals surface area contributed by atoms with Crippen molar-refractivity contribution in [2.24, 2.45) is 10.4 Å². The van der Waals surface area contributed by atoms with E-state index in [1.807, 2.05) is 32.3 Å². The van der Waals surface area contributed by atoms with Crippen LogP contribution in [-0.4, -0.2) is 51.6 Å². The molecule has 1 aromatic rings. The maximum Gasteiger partial charge on any atom is 0.230 e. The summed E-state index contributed by atoms with van der Waals surface area (Å²) in [7, 11) is 7.06. The number of carbonyl (C=O) groups is 1. The highest BCUT2D eigenvalue weighted by molar-refractivity contribution is 9.10. The van der Waals surface area contributed by atoms with Crippen LogP contribution >= 0.6 is 15.9 Å². The van der Waals surface area contributed by atoms with Gasteiger partial charge in [-0.2, -0.15) is 0 Å². The van der Waals surface area contributed by atoms with Gasteiger partial charge in [0.1, 0.15) is 5.75 Å². The van der Waals surface area contributed by atoms with E-state index in [1.54, 1.807) is 19.1 Å². The Morgan fingerprint density at radius 1 is 1.31 bits per heavy atom. The quantitative estimate of drug-likeness (QED) is 0.544. The SMILES string of the molecule is CN=C(NCc1ccc(OC)c(Br)c1)NCC1(C(=O)N(C)C)CCCC1. The first-order valence-corrected chi connectivity index (χ1v) is 9.70. The molecule has 26 heavy (non-hydrogen) atoms. The van der Waals surface area contributed by atoms with Gasteiger partial charge < -0.3 is 20.3 Å². The second-order valence-electron chi connectivity index (χ2n) is 6.94. The number of halogens is 1. The average molecular weight is 425 g/mol. The van der Waals surface area contributed by atoms with Crippen LogP contribution in [0.1, 0.15) is 31.2 Å². The molecule has 2 rings (SSSR count). The predicted octanol–water partition coefficient (Wildman–Crippen LogP) is 2.77. The summed E-state index contributed by atoms with van der Waals surface area (Å²) in [5.74, 6) is 1.72. The Bertz CT molecular complexity index is 655. The maximum atomic E-state index is 12.7. The lowest BCUT2D eigenvalue weighted by atomic mass is 9.84. The second-order valence-corrected chi connectivity index (χ2v) is 7.79. The maximum absolute atomic E-state index is 12.7. The Labute approximate surface area is 164 Å². The smallest absolute Gasteiger partial charge is 0.230 e.